The van der Waals surface area contributed by atoms with Gasteiger partial charge in [0.2, 0.25) is 0 Å². The van der Waals surface area contributed by atoms with Crippen LogP contribution >= 0.6 is 0 Å². The van der Waals surface area contributed by atoms with Crippen LogP contribution in [0.1, 0.15) is 43.2 Å². The first-order valence-electron chi connectivity index (χ1n) is 7.24. The second-order valence-electron chi connectivity index (χ2n) is 5.82. The van der Waals surface area contributed by atoms with Crippen molar-refractivity contribution in [2.75, 3.05) is 18.5 Å². The minimum Gasteiger partial charge on any atom is -0.384 e. The van der Waals surface area contributed by atoms with Crippen LogP contribution in [0.25, 0.3) is 0 Å². The third kappa shape index (κ3) is 3.49. The number of rotatable bonds is 4. The van der Waals surface area contributed by atoms with Crippen molar-refractivity contribution in [3.8, 4) is 0 Å². The molecule has 19 heavy (non-hydrogen) atoms. The highest BCUT2D eigenvalue weighted by Crippen LogP contribution is 2.27. The summed E-state index contributed by atoms with van der Waals surface area (Å²) >= 11 is 0. The van der Waals surface area contributed by atoms with E-state index in [0.29, 0.717) is 0 Å². The molecule has 1 saturated carbocycles. The Morgan fingerprint density at radius 2 is 2.00 bits per heavy atom. The van der Waals surface area contributed by atoms with E-state index in [4.69, 9.17) is 11.1 Å². The van der Waals surface area contributed by atoms with Crippen LogP contribution in [-0.4, -0.2) is 19.4 Å². The average Bonchev–Trinajstić information content (AvgIpc) is 2.39. The lowest BCUT2D eigenvalue weighted by Gasteiger charge is -2.29. The zero-order chi connectivity index (χ0) is 13.8. The Balaban J connectivity index is 2.13. The van der Waals surface area contributed by atoms with Crippen molar-refractivity contribution >= 4 is 11.5 Å². The van der Waals surface area contributed by atoms with E-state index >= 15 is 0 Å². The van der Waals surface area contributed by atoms with E-state index < -0.39 is 0 Å². The molecule has 0 bridgehead atoms. The van der Waals surface area contributed by atoms with Crippen LogP contribution in [0.3, 0.4) is 0 Å². The van der Waals surface area contributed by atoms with Crippen molar-refractivity contribution in [3.63, 3.8) is 0 Å². The molecule has 1 aliphatic carbocycles. The molecule has 1 aliphatic rings. The zero-order valence-corrected chi connectivity index (χ0v) is 12.1. The molecule has 0 radical (unpaired) electrons. The minimum absolute atomic E-state index is 0.161. The van der Waals surface area contributed by atoms with Crippen molar-refractivity contribution in [2.45, 2.75) is 39.0 Å². The second kappa shape index (κ2) is 6.09. The minimum atomic E-state index is 0.161. The summed E-state index contributed by atoms with van der Waals surface area (Å²) < 4.78 is 0. The normalized spacial score (nSPS) is 16.3. The summed E-state index contributed by atoms with van der Waals surface area (Å²) in [5.74, 6) is 0.953. The summed E-state index contributed by atoms with van der Waals surface area (Å²) in [6, 6.07) is 6.20. The summed E-state index contributed by atoms with van der Waals surface area (Å²) in [7, 11) is 2.12. The van der Waals surface area contributed by atoms with Gasteiger partial charge in [0.25, 0.3) is 0 Å². The molecule has 0 spiro atoms. The van der Waals surface area contributed by atoms with Crippen molar-refractivity contribution < 1.29 is 0 Å². The molecule has 1 aromatic carbocycles. The number of hydrogen-bond acceptors (Lipinski definition) is 2. The first-order chi connectivity index (χ1) is 9.08. The van der Waals surface area contributed by atoms with E-state index in [-0.39, 0.29) is 5.84 Å². The third-order valence-corrected chi connectivity index (χ3v) is 4.11. The predicted molar refractivity (Wildman–Crippen MR) is 82.0 cm³/mol. The molecular formula is C16H25N3. The molecule has 104 valence electrons. The fourth-order valence-electron chi connectivity index (χ4n) is 3.05. The van der Waals surface area contributed by atoms with Gasteiger partial charge in [0.1, 0.15) is 5.84 Å². The molecule has 0 atom stereocenters. The monoisotopic (exact) mass is 259 g/mol. The number of benzene rings is 1. The van der Waals surface area contributed by atoms with E-state index in [1.165, 1.54) is 32.1 Å². The predicted octanol–water partition coefficient (Wildman–Crippen LogP) is 3.30. The van der Waals surface area contributed by atoms with Gasteiger partial charge in [0.15, 0.2) is 0 Å². The molecule has 1 fully saturated rings. The molecule has 1 aromatic rings. The van der Waals surface area contributed by atoms with Gasteiger partial charge in [-0.1, -0.05) is 30.9 Å². The van der Waals surface area contributed by atoms with Crippen LogP contribution in [0.4, 0.5) is 5.69 Å². The third-order valence-electron chi connectivity index (χ3n) is 4.11. The first-order valence-corrected chi connectivity index (χ1v) is 7.24. The number of anilines is 1. The Kier molecular flexibility index (Phi) is 4.46. The van der Waals surface area contributed by atoms with Crippen molar-refractivity contribution in [2.24, 2.45) is 11.7 Å². The topological polar surface area (TPSA) is 53.1 Å². The number of hydrogen-bond donors (Lipinski definition) is 2. The standard InChI is InChI=1S/C16H25N3/c1-12-8-9-15(14(10-12)16(17)18)19(2)11-13-6-4-3-5-7-13/h8-10,13H,3-7,11H2,1-2H3,(H3,17,18). The molecule has 0 aromatic heterocycles. The Bertz CT molecular complexity index is 447. The quantitative estimate of drug-likeness (QED) is 0.644. The summed E-state index contributed by atoms with van der Waals surface area (Å²) in [6.07, 6.45) is 6.80. The molecule has 0 unspecified atom stereocenters. The molecule has 0 saturated heterocycles. The van der Waals surface area contributed by atoms with E-state index in [1.807, 2.05) is 13.0 Å². The van der Waals surface area contributed by atoms with Crippen LogP contribution in [0, 0.1) is 18.3 Å². The maximum atomic E-state index is 7.74. The lowest BCUT2D eigenvalue weighted by atomic mass is 9.89. The smallest absolute Gasteiger partial charge is 0.124 e. The highest BCUT2D eigenvalue weighted by Gasteiger charge is 2.17. The lowest BCUT2D eigenvalue weighted by Crippen LogP contribution is -2.29. The maximum Gasteiger partial charge on any atom is 0.124 e. The Morgan fingerprint density at radius 1 is 1.32 bits per heavy atom. The lowest BCUT2D eigenvalue weighted by molar-refractivity contribution is 0.362. The van der Waals surface area contributed by atoms with Crippen molar-refractivity contribution in [1.29, 1.82) is 5.41 Å². The number of aryl methyl sites for hydroxylation is 1. The van der Waals surface area contributed by atoms with E-state index in [0.717, 1.165) is 29.3 Å². The maximum absolute atomic E-state index is 7.74. The van der Waals surface area contributed by atoms with Gasteiger partial charge >= 0.3 is 0 Å². The number of nitrogen functional groups attached to an aromatic ring is 1. The van der Waals surface area contributed by atoms with Crippen LogP contribution in [0.2, 0.25) is 0 Å². The first kappa shape index (κ1) is 13.9. The SMILES string of the molecule is Cc1ccc(N(C)CC2CCCCC2)c(C(=N)N)c1. The van der Waals surface area contributed by atoms with Crippen LogP contribution < -0.4 is 10.6 Å². The molecule has 0 heterocycles. The number of nitrogens with one attached hydrogen (secondary N) is 1. The summed E-state index contributed by atoms with van der Waals surface area (Å²) in [4.78, 5) is 2.27. The van der Waals surface area contributed by atoms with Crippen molar-refractivity contribution in [3.05, 3.63) is 29.3 Å². The van der Waals surface area contributed by atoms with E-state index in [9.17, 15) is 0 Å². The number of nitrogens with two attached hydrogens (primary N) is 1. The Labute approximate surface area is 116 Å². The Morgan fingerprint density at radius 3 is 2.63 bits per heavy atom. The highest BCUT2D eigenvalue weighted by atomic mass is 15.1. The molecule has 3 heteroatoms. The van der Waals surface area contributed by atoms with Gasteiger partial charge in [-0.15, -0.1) is 0 Å². The number of nitrogens with zero attached hydrogens (tertiary/aromatic N) is 1. The van der Waals surface area contributed by atoms with Gasteiger partial charge in [-0.2, -0.15) is 0 Å². The molecule has 0 amide bonds. The van der Waals surface area contributed by atoms with Gasteiger partial charge in [0.05, 0.1) is 0 Å². The van der Waals surface area contributed by atoms with Crippen LogP contribution in [0.15, 0.2) is 18.2 Å². The van der Waals surface area contributed by atoms with Gasteiger partial charge in [-0.3, -0.25) is 5.41 Å². The van der Waals surface area contributed by atoms with Crippen LogP contribution in [-0.2, 0) is 0 Å². The molecule has 3 nitrogen and oxygen atoms in total. The van der Waals surface area contributed by atoms with Crippen molar-refractivity contribution in [1.82, 2.24) is 0 Å². The summed E-state index contributed by atoms with van der Waals surface area (Å²) in [5, 5.41) is 7.74. The molecule has 0 aliphatic heterocycles. The molecule has 3 N–H and O–H groups in total. The van der Waals surface area contributed by atoms with Gasteiger partial charge in [0, 0.05) is 24.8 Å². The zero-order valence-electron chi connectivity index (χ0n) is 12.1. The molecule has 2 rings (SSSR count). The summed E-state index contributed by atoms with van der Waals surface area (Å²) in [5.41, 5.74) is 8.81. The fraction of sp³-hybridized carbons (Fsp3) is 0.562. The second-order valence-corrected chi connectivity index (χ2v) is 5.82. The summed E-state index contributed by atoms with van der Waals surface area (Å²) in [6.45, 7) is 3.11. The van der Waals surface area contributed by atoms with Gasteiger partial charge in [-0.05, 0) is 37.8 Å². The van der Waals surface area contributed by atoms with Crippen LogP contribution in [0.5, 0.6) is 0 Å². The van der Waals surface area contributed by atoms with E-state index in [1.54, 1.807) is 0 Å². The molecular weight excluding hydrogens is 234 g/mol. The van der Waals surface area contributed by atoms with Gasteiger partial charge < -0.3 is 10.6 Å². The fourth-order valence-corrected chi connectivity index (χ4v) is 3.05. The largest absolute Gasteiger partial charge is 0.384 e. The van der Waals surface area contributed by atoms with E-state index in [2.05, 4.69) is 24.1 Å². The Hall–Kier alpha value is -1.51. The average molecular weight is 259 g/mol. The number of amidine groups is 1. The highest BCUT2D eigenvalue weighted by molar-refractivity contribution is 6.00. The van der Waals surface area contributed by atoms with Gasteiger partial charge in [-0.25, -0.2) is 0 Å².